The molecule has 0 bridgehead atoms. The number of rotatable bonds is 3. The maximum Gasteiger partial charge on any atom is 0.235 e. The standard InChI is InChI=1S/C60H35N5/c1-2-18-37(19-3-1)63-50-30-14-10-25-43(50)54-45(27-16-32-52(54)63)58-46-34-33-36-17-4-5-20-38(36)57(46)61-60(62-58)65-51-31-15-11-26-44(51)55-53(65)35-47-41-23-9-13-29-49(41)64-48-28-12-8-22-40(48)39-21-6-7-24-42(39)56(55)59(47)64/h1-35H. The molecule has 1 aliphatic heterocycles. The average Bonchev–Trinajstić information content (AvgIpc) is 3.98. The fraction of sp³-hybridized carbons (Fsp3) is 0. The molecule has 5 heterocycles. The number of aromatic nitrogens is 5. The monoisotopic (exact) mass is 825 g/mol. The Morgan fingerprint density at radius 3 is 1.74 bits per heavy atom. The summed E-state index contributed by atoms with van der Waals surface area (Å²) in [5.74, 6) is 0.638. The molecule has 0 saturated carbocycles. The van der Waals surface area contributed by atoms with Crippen LogP contribution in [-0.2, 0) is 0 Å². The largest absolute Gasteiger partial charge is 0.309 e. The molecule has 65 heavy (non-hydrogen) atoms. The molecule has 0 aliphatic carbocycles. The fourth-order valence-corrected chi connectivity index (χ4v) is 11.4. The van der Waals surface area contributed by atoms with Crippen LogP contribution < -0.4 is 0 Å². The second-order valence-corrected chi connectivity index (χ2v) is 17.3. The van der Waals surface area contributed by atoms with Gasteiger partial charge in [0.15, 0.2) is 0 Å². The van der Waals surface area contributed by atoms with Crippen molar-refractivity contribution in [3.8, 4) is 50.8 Å². The van der Waals surface area contributed by atoms with Gasteiger partial charge in [0.25, 0.3) is 0 Å². The van der Waals surface area contributed by atoms with Crippen molar-refractivity contribution in [1.82, 2.24) is 23.7 Å². The zero-order valence-corrected chi connectivity index (χ0v) is 34.9. The number of hydrogen-bond donors (Lipinski definition) is 0. The highest BCUT2D eigenvalue weighted by molar-refractivity contribution is 6.29. The van der Waals surface area contributed by atoms with E-state index >= 15 is 0 Å². The van der Waals surface area contributed by atoms with Gasteiger partial charge in [0.05, 0.1) is 50.0 Å². The van der Waals surface area contributed by atoms with Gasteiger partial charge < -0.3 is 9.13 Å². The molecule has 300 valence electrons. The topological polar surface area (TPSA) is 40.6 Å². The minimum absolute atomic E-state index is 0.638. The summed E-state index contributed by atoms with van der Waals surface area (Å²) in [5.41, 5.74) is 16.9. The second-order valence-electron chi connectivity index (χ2n) is 17.3. The van der Waals surface area contributed by atoms with E-state index in [0.29, 0.717) is 5.95 Å². The van der Waals surface area contributed by atoms with Crippen LogP contribution in [0.25, 0.3) is 138 Å². The normalized spacial score (nSPS) is 12.3. The molecule has 14 aromatic rings. The molecule has 4 aromatic heterocycles. The molecular weight excluding hydrogens is 791 g/mol. The van der Waals surface area contributed by atoms with Crippen molar-refractivity contribution < 1.29 is 0 Å². The smallest absolute Gasteiger partial charge is 0.235 e. The molecule has 15 rings (SSSR count). The average molecular weight is 826 g/mol. The lowest BCUT2D eigenvalue weighted by atomic mass is 9.91. The van der Waals surface area contributed by atoms with Crippen molar-refractivity contribution in [2.75, 3.05) is 0 Å². The summed E-state index contributed by atoms with van der Waals surface area (Å²) in [6.07, 6.45) is 0. The maximum absolute atomic E-state index is 5.81. The predicted octanol–water partition coefficient (Wildman–Crippen LogP) is 15.4. The molecule has 0 atom stereocenters. The Labute approximate surface area is 372 Å². The van der Waals surface area contributed by atoms with Crippen molar-refractivity contribution in [3.05, 3.63) is 212 Å². The summed E-state index contributed by atoms with van der Waals surface area (Å²) in [7, 11) is 0. The van der Waals surface area contributed by atoms with Gasteiger partial charge in [-0.05, 0) is 71.1 Å². The van der Waals surface area contributed by atoms with Crippen LogP contribution in [0, 0.1) is 0 Å². The van der Waals surface area contributed by atoms with Crippen molar-refractivity contribution in [2.45, 2.75) is 0 Å². The Balaban J connectivity index is 1.13. The first-order valence-corrected chi connectivity index (χ1v) is 22.3. The van der Waals surface area contributed by atoms with Gasteiger partial charge >= 0.3 is 0 Å². The van der Waals surface area contributed by atoms with Gasteiger partial charge in [-0.3, -0.25) is 4.57 Å². The van der Waals surface area contributed by atoms with E-state index in [9.17, 15) is 0 Å². The summed E-state index contributed by atoms with van der Waals surface area (Å²) >= 11 is 0. The molecule has 0 spiro atoms. The Bertz CT molecular complexity index is 4360. The zero-order chi connectivity index (χ0) is 42.3. The molecule has 0 amide bonds. The van der Waals surface area contributed by atoms with E-state index in [0.717, 1.165) is 66.1 Å². The molecule has 5 nitrogen and oxygen atoms in total. The Hall–Kier alpha value is -8.80. The van der Waals surface area contributed by atoms with E-state index in [1.165, 1.54) is 65.9 Å². The molecular formula is C60H35N5. The van der Waals surface area contributed by atoms with Crippen molar-refractivity contribution in [2.24, 2.45) is 0 Å². The van der Waals surface area contributed by atoms with Gasteiger partial charge in [0.1, 0.15) is 0 Å². The third kappa shape index (κ3) is 4.60. The number of benzene rings is 10. The van der Waals surface area contributed by atoms with Gasteiger partial charge in [0.2, 0.25) is 5.95 Å². The summed E-state index contributed by atoms with van der Waals surface area (Å²) < 4.78 is 7.22. The number of hydrogen-bond acceptors (Lipinski definition) is 2. The summed E-state index contributed by atoms with van der Waals surface area (Å²) in [5, 5.41) is 10.4. The van der Waals surface area contributed by atoms with Crippen LogP contribution in [0.15, 0.2) is 212 Å². The SMILES string of the molecule is c1ccc(-n2c3ccccc3c3c(-c4nc(-n5c6ccccc6c6c7c8c(cc65)c5ccccc5n8-c5ccccc5-c5ccccc5-7)nc5c4ccc4ccccc45)cccc32)cc1. The van der Waals surface area contributed by atoms with Crippen LogP contribution >= 0.6 is 0 Å². The summed E-state index contributed by atoms with van der Waals surface area (Å²) in [4.78, 5) is 11.5. The minimum Gasteiger partial charge on any atom is -0.309 e. The molecule has 10 aromatic carbocycles. The highest BCUT2D eigenvalue weighted by atomic mass is 15.2. The first kappa shape index (κ1) is 34.7. The van der Waals surface area contributed by atoms with Crippen LogP contribution in [0.3, 0.4) is 0 Å². The predicted molar refractivity (Wildman–Crippen MR) is 270 cm³/mol. The minimum atomic E-state index is 0.638. The number of fused-ring (bicyclic) bond motifs is 18. The number of nitrogens with zero attached hydrogens (tertiary/aromatic N) is 5. The lowest BCUT2D eigenvalue weighted by molar-refractivity contribution is 1.02. The Morgan fingerprint density at radius 2 is 0.923 bits per heavy atom. The maximum atomic E-state index is 5.81. The quantitative estimate of drug-likeness (QED) is 0.167. The molecule has 0 unspecified atom stereocenters. The van der Waals surface area contributed by atoms with Gasteiger partial charge in [-0.25, -0.2) is 9.97 Å². The summed E-state index contributed by atoms with van der Waals surface area (Å²) in [6.45, 7) is 0. The van der Waals surface area contributed by atoms with Crippen LogP contribution in [0.2, 0.25) is 0 Å². The van der Waals surface area contributed by atoms with E-state index in [2.05, 4.69) is 226 Å². The molecule has 0 N–H and O–H groups in total. The fourth-order valence-electron chi connectivity index (χ4n) is 11.4. The molecule has 0 radical (unpaired) electrons. The van der Waals surface area contributed by atoms with Gasteiger partial charge in [-0.2, -0.15) is 0 Å². The van der Waals surface area contributed by atoms with Crippen LogP contribution in [0.4, 0.5) is 0 Å². The molecule has 0 saturated heterocycles. The van der Waals surface area contributed by atoms with E-state index < -0.39 is 0 Å². The molecule has 0 fully saturated rings. The van der Waals surface area contributed by atoms with Crippen LogP contribution in [-0.4, -0.2) is 23.7 Å². The highest BCUT2D eigenvalue weighted by Gasteiger charge is 2.30. The third-order valence-electron chi connectivity index (χ3n) is 14.0. The Morgan fingerprint density at radius 1 is 0.323 bits per heavy atom. The van der Waals surface area contributed by atoms with E-state index in [1.807, 2.05) is 0 Å². The highest BCUT2D eigenvalue weighted by Crippen LogP contribution is 2.52. The van der Waals surface area contributed by atoms with Crippen molar-refractivity contribution >= 4 is 87.1 Å². The first-order valence-electron chi connectivity index (χ1n) is 22.3. The Kier molecular flexibility index (Phi) is 6.89. The van der Waals surface area contributed by atoms with Gasteiger partial charge in [-0.1, -0.05) is 158 Å². The van der Waals surface area contributed by atoms with Gasteiger partial charge in [-0.15, -0.1) is 0 Å². The lowest BCUT2D eigenvalue weighted by Gasteiger charge is -2.15. The van der Waals surface area contributed by atoms with E-state index in [-0.39, 0.29) is 0 Å². The van der Waals surface area contributed by atoms with Crippen LogP contribution in [0.5, 0.6) is 0 Å². The van der Waals surface area contributed by atoms with E-state index in [1.54, 1.807) is 0 Å². The molecule has 1 aliphatic rings. The third-order valence-corrected chi connectivity index (χ3v) is 14.0. The summed E-state index contributed by atoms with van der Waals surface area (Å²) in [6, 6.07) is 77.0. The van der Waals surface area contributed by atoms with Crippen molar-refractivity contribution in [3.63, 3.8) is 0 Å². The second kappa shape index (κ2) is 12.9. The number of para-hydroxylation sites is 5. The van der Waals surface area contributed by atoms with Gasteiger partial charge in [0, 0.05) is 65.5 Å². The first-order chi connectivity index (χ1) is 32.3. The lowest BCUT2D eigenvalue weighted by Crippen LogP contribution is -2.04. The van der Waals surface area contributed by atoms with Crippen LogP contribution in [0.1, 0.15) is 0 Å². The zero-order valence-electron chi connectivity index (χ0n) is 34.9. The van der Waals surface area contributed by atoms with E-state index in [4.69, 9.17) is 9.97 Å². The van der Waals surface area contributed by atoms with Crippen molar-refractivity contribution in [1.29, 1.82) is 0 Å². The molecule has 5 heteroatoms.